The molecule has 2 aromatic heterocycles. The van der Waals surface area contributed by atoms with E-state index in [-0.39, 0.29) is 12.5 Å². The minimum Gasteiger partial charge on any atom is -0.395 e. The number of aromatic nitrogens is 2. The first-order valence-corrected chi connectivity index (χ1v) is 7.01. The predicted molar refractivity (Wildman–Crippen MR) is 77.3 cm³/mol. The number of hydrogen-bond acceptors (Lipinski definition) is 4. The molecule has 2 aromatic rings. The summed E-state index contributed by atoms with van der Waals surface area (Å²) in [5, 5.41) is 17.5. The van der Waals surface area contributed by atoms with E-state index in [0.29, 0.717) is 18.5 Å². The maximum atomic E-state index is 11.9. The zero-order valence-electron chi connectivity index (χ0n) is 11.1. The van der Waals surface area contributed by atoms with Crippen LogP contribution in [0, 0.1) is 11.8 Å². The van der Waals surface area contributed by atoms with Crippen molar-refractivity contribution in [1.29, 1.82) is 0 Å². The molecule has 0 radical (unpaired) electrons. The van der Waals surface area contributed by atoms with Gasteiger partial charge in [0.2, 0.25) is 0 Å². The highest BCUT2D eigenvalue weighted by Crippen LogP contribution is 2.15. The summed E-state index contributed by atoms with van der Waals surface area (Å²) >= 11 is 1.55. The van der Waals surface area contributed by atoms with Gasteiger partial charge in [-0.15, -0.1) is 11.3 Å². The van der Waals surface area contributed by atoms with E-state index in [9.17, 15) is 4.79 Å². The lowest BCUT2D eigenvalue weighted by Gasteiger charge is -2.02. The van der Waals surface area contributed by atoms with Gasteiger partial charge in [0.1, 0.15) is 0 Å². The van der Waals surface area contributed by atoms with E-state index in [2.05, 4.69) is 22.3 Å². The van der Waals surface area contributed by atoms with Crippen molar-refractivity contribution < 1.29 is 9.90 Å². The van der Waals surface area contributed by atoms with Crippen molar-refractivity contribution in [3.05, 3.63) is 39.8 Å². The second kappa shape index (κ2) is 6.89. The third-order valence-electron chi connectivity index (χ3n) is 2.58. The number of aliphatic hydroxyl groups is 1. The summed E-state index contributed by atoms with van der Waals surface area (Å²) in [6, 6.07) is 1.92. The Labute approximate surface area is 121 Å². The van der Waals surface area contributed by atoms with Gasteiger partial charge in [-0.1, -0.05) is 11.8 Å². The van der Waals surface area contributed by atoms with Crippen LogP contribution in [0.2, 0.25) is 0 Å². The Morgan fingerprint density at radius 2 is 2.45 bits per heavy atom. The van der Waals surface area contributed by atoms with E-state index < -0.39 is 0 Å². The fourth-order valence-electron chi connectivity index (χ4n) is 1.60. The number of rotatable bonds is 4. The van der Waals surface area contributed by atoms with Crippen molar-refractivity contribution >= 4 is 17.2 Å². The zero-order valence-corrected chi connectivity index (χ0v) is 11.9. The summed E-state index contributed by atoms with van der Waals surface area (Å²) in [6.07, 6.45) is 3.66. The van der Waals surface area contributed by atoms with Gasteiger partial charge in [0.15, 0.2) is 0 Å². The average Bonchev–Trinajstić information content (AvgIpc) is 3.05. The molecule has 2 rings (SSSR count). The Morgan fingerprint density at radius 1 is 1.60 bits per heavy atom. The van der Waals surface area contributed by atoms with Gasteiger partial charge in [-0.05, 0) is 11.4 Å². The second-order valence-corrected chi connectivity index (χ2v) is 5.12. The highest BCUT2D eigenvalue weighted by molar-refractivity contribution is 7.10. The molecule has 2 N–H and O–H groups in total. The lowest BCUT2D eigenvalue weighted by Crippen LogP contribution is -2.22. The highest BCUT2D eigenvalue weighted by Gasteiger charge is 2.09. The SMILES string of the molecule is Cn1cc(C(=O)NCc2sccc2C#CCCO)cn1. The van der Waals surface area contributed by atoms with Gasteiger partial charge in [0.25, 0.3) is 5.91 Å². The maximum absolute atomic E-state index is 11.9. The minimum atomic E-state index is -0.152. The Bertz CT molecular complexity index is 649. The summed E-state index contributed by atoms with van der Waals surface area (Å²) in [4.78, 5) is 12.9. The molecule has 104 valence electrons. The Hall–Kier alpha value is -2.10. The van der Waals surface area contributed by atoms with Crippen molar-refractivity contribution in [2.24, 2.45) is 7.05 Å². The van der Waals surface area contributed by atoms with Crippen LogP contribution in [-0.4, -0.2) is 27.4 Å². The molecule has 0 aliphatic rings. The van der Waals surface area contributed by atoms with Crippen LogP contribution in [0.25, 0.3) is 0 Å². The fourth-order valence-corrected chi connectivity index (χ4v) is 2.37. The predicted octanol–water partition coefficient (Wildman–Crippen LogP) is 1.15. The number of carbonyl (C=O) groups is 1. The minimum absolute atomic E-state index is 0.0597. The maximum Gasteiger partial charge on any atom is 0.254 e. The molecule has 20 heavy (non-hydrogen) atoms. The first kappa shape index (κ1) is 14.3. The van der Waals surface area contributed by atoms with Gasteiger partial charge >= 0.3 is 0 Å². The molecule has 0 aliphatic carbocycles. The van der Waals surface area contributed by atoms with Gasteiger partial charge in [0.05, 0.1) is 24.9 Å². The highest BCUT2D eigenvalue weighted by atomic mass is 32.1. The number of aryl methyl sites for hydroxylation is 1. The molecule has 0 unspecified atom stereocenters. The number of nitrogens with zero attached hydrogens (tertiary/aromatic N) is 2. The molecule has 0 saturated carbocycles. The van der Waals surface area contributed by atoms with Gasteiger partial charge in [0, 0.05) is 30.1 Å². The monoisotopic (exact) mass is 289 g/mol. The smallest absolute Gasteiger partial charge is 0.254 e. The van der Waals surface area contributed by atoms with E-state index in [1.54, 1.807) is 29.3 Å². The molecule has 0 bridgehead atoms. The third kappa shape index (κ3) is 3.70. The molecular formula is C14H15N3O2S. The first-order chi connectivity index (χ1) is 9.70. The van der Waals surface area contributed by atoms with Crippen LogP contribution in [0.3, 0.4) is 0 Å². The summed E-state index contributed by atoms with van der Waals surface area (Å²) < 4.78 is 1.59. The van der Waals surface area contributed by atoms with Crippen LogP contribution in [-0.2, 0) is 13.6 Å². The van der Waals surface area contributed by atoms with Crippen molar-refractivity contribution in [2.45, 2.75) is 13.0 Å². The molecule has 2 heterocycles. The quantitative estimate of drug-likeness (QED) is 0.830. The van der Waals surface area contributed by atoms with Crippen LogP contribution in [0.15, 0.2) is 23.8 Å². The van der Waals surface area contributed by atoms with Crippen LogP contribution in [0.1, 0.15) is 27.2 Å². The molecule has 0 spiro atoms. The van der Waals surface area contributed by atoms with Gasteiger partial charge < -0.3 is 10.4 Å². The van der Waals surface area contributed by atoms with Crippen LogP contribution in [0.5, 0.6) is 0 Å². The average molecular weight is 289 g/mol. The molecule has 0 fully saturated rings. The molecule has 0 saturated heterocycles. The number of hydrogen-bond donors (Lipinski definition) is 2. The van der Waals surface area contributed by atoms with E-state index in [1.807, 2.05) is 11.4 Å². The first-order valence-electron chi connectivity index (χ1n) is 6.13. The van der Waals surface area contributed by atoms with E-state index in [0.717, 1.165) is 10.4 Å². The van der Waals surface area contributed by atoms with Crippen LogP contribution >= 0.6 is 11.3 Å². The third-order valence-corrected chi connectivity index (χ3v) is 3.50. The van der Waals surface area contributed by atoms with Crippen molar-refractivity contribution in [1.82, 2.24) is 15.1 Å². The lowest BCUT2D eigenvalue weighted by molar-refractivity contribution is 0.0951. The molecule has 5 nitrogen and oxygen atoms in total. The summed E-state index contributed by atoms with van der Waals surface area (Å²) in [5.74, 6) is 5.72. The fraction of sp³-hybridized carbons (Fsp3) is 0.286. The Morgan fingerprint density at radius 3 is 3.15 bits per heavy atom. The summed E-state index contributed by atoms with van der Waals surface area (Å²) in [7, 11) is 1.77. The molecule has 0 aliphatic heterocycles. The van der Waals surface area contributed by atoms with Crippen molar-refractivity contribution in [3.8, 4) is 11.8 Å². The topological polar surface area (TPSA) is 67.2 Å². The van der Waals surface area contributed by atoms with Crippen LogP contribution < -0.4 is 5.32 Å². The summed E-state index contributed by atoms with van der Waals surface area (Å²) in [5.41, 5.74) is 1.44. The Kier molecular flexibility index (Phi) is 4.93. The molecular weight excluding hydrogens is 274 g/mol. The zero-order chi connectivity index (χ0) is 14.4. The second-order valence-electron chi connectivity index (χ2n) is 4.12. The summed E-state index contributed by atoms with van der Waals surface area (Å²) in [6.45, 7) is 0.499. The molecule has 0 atom stereocenters. The van der Waals surface area contributed by atoms with E-state index in [4.69, 9.17) is 5.11 Å². The van der Waals surface area contributed by atoms with Gasteiger partial charge in [-0.3, -0.25) is 9.48 Å². The number of thiophene rings is 1. The normalized spacial score (nSPS) is 9.90. The van der Waals surface area contributed by atoms with E-state index >= 15 is 0 Å². The van der Waals surface area contributed by atoms with Crippen molar-refractivity contribution in [3.63, 3.8) is 0 Å². The largest absolute Gasteiger partial charge is 0.395 e. The Balaban J connectivity index is 1.96. The lowest BCUT2D eigenvalue weighted by atomic mass is 10.2. The van der Waals surface area contributed by atoms with Gasteiger partial charge in [-0.2, -0.15) is 5.10 Å². The number of aliphatic hydroxyl groups excluding tert-OH is 1. The van der Waals surface area contributed by atoms with Crippen molar-refractivity contribution in [2.75, 3.05) is 6.61 Å². The number of nitrogens with one attached hydrogen (secondary N) is 1. The van der Waals surface area contributed by atoms with E-state index in [1.165, 1.54) is 6.20 Å². The van der Waals surface area contributed by atoms with Gasteiger partial charge in [-0.25, -0.2) is 0 Å². The molecule has 0 aromatic carbocycles. The standard InChI is InChI=1S/C14H15N3O2S/c1-17-10-12(8-16-17)14(19)15-9-13-11(5-7-20-13)4-2-3-6-18/h5,7-8,10,18H,3,6,9H2,1H3,(H,15,19). The van der Waals surface area contributed by atoms with Crippen LogP contribution in [0.4, 0.5) is 0 Å². The molecule has 6 heteroatoms. The number of amides is 1. The number of carbonyl (C=O) groups excluding carboxylic acids is 1. The molecule has 1 amide bonds.